The molecule has 7 nitrogen and oxygen atoms in total. The molecular formula is C21H26N2O5. The molecule has 1 saturated heterocycles. The molecule has 0 spiro atoms. The molecule has 1 aromatic carbocycles. The van der Waals surface area contributed by atoms with E-state index in [0.717, 1.165) is 23.4 Å². The number of carboxylic acids is 1. The van der Waals surface area contributed by atoms with Gasteiger partial charge in [0, 0.05) is 12.2 Å². The number of nitrogens with zero attached hydrogens (tertiary/aromatic N) is 2. The van der Waals surface area contributed by atoms with Crippen molar-refractivity contribution in [3.8, 4) is 17.2 Å². The van der Waals surface area contributed by atoms with Crippen molar-refractivity contribution in [2.24, 2.45) is 0 Å². The number of aromatic nitrogens is 1. The van der Waals surface area contributed by atoms with Gasteiger partial charge in [-0.15, -0.1) is 0 Å². The lowest BCUT2D eigenvalue weighted by Crippen LogP contribution is -2.39. The predicted octanol–water partition coefficient (Wildman–Crippen LogP) is 3.05. The summed E-state index contributed by atoms with van der Waals surface area (Å²) in [5, 5.41) is 9.73. The van der Waals surface area contributed by atoms with E-state index >= 15 is 0 Å². The van der Waals surface area contributed by atoms with Crippen LogP contribution in [0.5, 0.6) is 17.2 Å². The van der Waals surface area contributed by atoms with Gasteiger partial charge in [-0.05, 0) is 49.6 Å². The minimum absolute atomic E-state index is 0.336. The summed E-state index contributed by atoms with van der Waals surface area (Å²) in [6.07, 6.45) is 1.44. The van der Waals surface area contributed by atoms with Gasteiger partial charge in [0.15, 0.2) is 11.5 Å². The molecule has 28 heavy (non-hydrogen) atoms. The third kappa shape index (κ3) is 3.75. The molecule has 1 aromatic heterocycles. The molecule has 1 aliphatic heterocycles. The van der Waals surface area contributed by atoms with Crippen molar-refractivity contribution in [2.75, 3.05) is 27.9 Å². The lowest BCUT2D eigenvalue weighted by Gasteiger charge is -2.32. The molecule has 7 heteroatoms. The van der Waals surface area contributed by atoms with Crippen LogP contribution in [0.15, 0.2) is 30.3 Å². The molecule has 0 bridgehead atoms. The number of ether oxygens (including phenoxy) is 3. The van der Waals surface area contributed by atoms with Crippen molar-refractivity contribution in [3.63, 3.8) is 0 Å². The van der Waals surface area contributed by atoms with Crippen molar-refractivity contribution in [2.45, 2.75) is 31.8 Å². The molecule has 2 atom stereocenters. The Kier molecular flexibility index (Phi) is 6.04. The molecule has 2 unspecified atom stereocenters. The SMILES string of the molecule is COc1cc(C(c2cccc(C)n2)N2CCCC2C(=O)O)cc(OC)c1OC. The van der Waals surface area contributed by atoms with Crippen LogP contribution in [-0.2, 0) is 4.79 Å². The second-order valence-corrected chi connectivity index (χ2v) is 6.80. The van der Waals surface area contributed by atoms with E-state index in [1.54, 1.807) is 21.3 Å². The summed E-state index contributed by atoms with van der Waals surface area (Å²) in [5.41, 5.74) is 2.52. The molecular weight excluding hydrogens is 360 g/mol. The van der Waals surface area contributed by atoms with Crippen LogP contribution in [0.3, 0.4) is 0 Å². The van der Waals surface area contributed by atoms with E-state index in [1.807, 2.05) is 42.2 Å². The van der Waals surface area contributed by atoms with Crippen LogP contribution >= 0.6 is 0 Å². The number of rotatable bonds is 7. The number of pyridine rings is 1. The van der Waals surface area contributed by atoms with Gasteiger partial charge in [-0.1, -0.05) is 6.07 Å². The molecule has 0 saturated carbocycles. The summed E-state index contributed by atoms with van der Waals surface area (Å²) in [4.78, 5) is 18.5. The molecule has 1 aliphatic rings. The second-order valence-electron chi connectivity index (χ2n) is 6.80. The Morgan fingerprint density at radius 1 is 1.18 bits per heavy atom. The van der Waals surface area contributed by atoms with E-state index in [2.05, 4.69) is 0 Å². The van der Waals surface area contributed by atoms with Crippen molar-refractivity contribution in [3.05, 3.63) is 47.3 Å². The standard InChI is InChI=1S/C21H26N2O5/c1-13-7-5-8-15(22-13)19(23-10-6-9-16(23)21(24)25)14-11-17(26-2)20(28-4)18(12-14)27-3/h5,7-8,11-12,16,19H,6,9-10H2,1-4H3,(H,24,25). The normalized spacial score (nSPS) is 17.9. The van der Waals surface area contributed by atoms with Crippen molar-refractivity contribution >= 4 is 5.97 Å². The Hall–Kier alpha value is -2.80. The first-order valence-electron chi connectivity index (χ1n) is 9.22. The zero-order valence-electron chi connectivity index (χ0n) is 16.6. The zero-order valence-corrected chi connectivity index (χ0v) is 16.6. The fourth-order valence-corrected chi connectivity index (χ4v) is 3.87. The number of carbonyl (C=O) groups is 1. The van der Waals surface area contributed by atoms with E-state index in [1.165, 1.54) is 0 Å². The van der Waals surface area contributed by atoms with E-state index in [0.29, 0.717) is 30.2 Å². The molecule has 0 aliphatic carbocycles. The van der Waals surface area contributed by atoms with E-state index < -0.39 is 12.0 Å². The van der Waals surface area contributed by atoms with Crippen molar-refractivity contribution < 1.29 is 24.1 Å². The van der Waals surface area contributed by atoms with Gasteiger partial charge in [0.25, 0.3) is 0 Å². The Bertz CT molecular complexity index is 829. The molecule has 150 valence electrons. The van der Waals surface area contributed by atoms with Crippen LogP contribution in [-0.4, -0.2) is 54.9 Å². The summed E-state index contributed by atoms with van der Waals surface area (Å²) in [5.74, 6) is 0.740. The van der Waals surface area contributed by atoms with Gasteiger partial charge >= 0.3 is 5.97 Å². The largest absolute Gasteiger partial charge is 0.493 e. The molecule has 0 radical (unpaired) electrons. The summed E-state index contributed by atoms with van der Waals surface area (Å²) in [6.45, 7) is 2.60. The highest BCUT2D eigenvalue weighted by Crippen LogP contribution is 2.43. The summed E-state index contributed by atoms with van der Waals surface area (Å²) < 4.78 is 16.4. The van der Waals surface area contributed by atoms with Crippen LogP contribution in [0.2, 0.25) is 0 Å². The minimum atomic E-state index is -0.817. The van der Waals surface area contributed by atoms with Gasteiger partial charge in [0.2, 0.25) is 5.75 Å². The Labute approximate surface area is 164 Å². The van der Waals surface area contributed by atoms with E-state index in [-0.39, 0.29) is 6.04 Å². The van der Waals surface area contributed by atoms with Gasteiger partial charge in [0.1, 0.15) is 6.04 Å². The van der Waals surface area contributed by atoms with Gasteiger partial charge in [-0.2, -0.15) is 0 Å². The summed E-state index contributed by atoms with van der Waals surface area (Å²) >= 11 is 0. The number of hydrogen-bond acceptors (Lipinski definition) is 6. The maximum atomic E-state index is 11.9. The van der Waals surface area contributed by atoms with E-state index in [4.69, 9.17) is 19.2 Å². The molecule has 1 N–H and O–H groups in total. The predicted molar refractivity (Wildman–Crippen MR) is 104 cm³/mol. The first kappa shape index (κ1) is 19.9. The smallest absolute Gasteiger partial charge is 0.320 e. The lowest BCUT2D eigenvalue weighted by molar-refractivity contribution is -0.142. The number of methoxy groups -OCH3 is 3. The van der Waals surface area contributed by atoms with Crippen LogP contribution in [0, 0.1) is 6.92 Å². The van der Waals surface area contributed by atoms with Gasteiger partial charge in [-0.3, -0.25) is 14.7 Å². The second kappa shape index (κ2) is 8.48. The van der Waals surface area contributed by atoms with Crippen molar-refractivity contribution in [1.82, 2.24) is 9.88 Å². The number of likely N-dealkylation sites (tertiary alicyclic amines) is 1. The number of aliphatic carboxylic acids is 1. The van der Waals surface area contributed by atoms with Crippen LogP contribution in [0.1, 0.15) is 35.8 Å². The molecule has 1 fully saturated rings. The zero-order chi connectivity index (χ0) is 20.3. The number of benzene rings is 1. The first-order valence-corrected chi connectivity index (χ1v) is 9.22. The lowest BCUT2D eigenvalue weighted by atomic mass is 9.98. The maximum absolute atomic E-state index is 11.9. The monoisotopic (exact) mass is 386 g/mol. The fraction of sp³-hybridized carbons (Fsp3) is 0.429. The van der Waals surface area contributed by atoms with Crippen LogP contribution < -0.4 is 14.2 Å². The average Bonchev–Trinajstić information content (AvgIpc) is 3.17. The molecule has 0 amide bonds. The van der Waals surface area contributed by atoms with E-state index in [9.17, 15) is 9.90 Å². The number of aryl methyl sites for hydroxylation is 1. The quantitative estimate of drug-likeness (QED) is 0.783. The highest BCUT2D eigenvalue weighted by molar-refractivity contribution is 5.74. The van der Waals surface area contributed by atoms with Crippen LogP contribution in [0.4, 0.5) is 0 Å². The Morgan fingerprint density at radius 3 is 2.39 bits per heavy atom. The first-order chi connectivity index (χ1) is 13.5. The maximum Gasteiger partial charge on any atom is 0.320 e. The average molecular weight is 386 g/mol. The third-order valence-corrected chi connectivity index (χ3v) is 5.10. The number of hydrogen-bond donors (Lipinski definition) is 1. The van der Waals surface area contributed by atoms with Gasteiger partial charge in [-0.25, -0.2) is 0 Å². The van der Waals surface area contributed by atoms with Gasteiger partial charge in [0.05, 0.1) is 33.1 Å². The van der Waals surface area contributed by atoms with Gasteiger partial charge < -0.3 is 19.3 Å². The third-order valence-electron chi connectivity index (χ3n) is 5.10. The number of carboxylic acid groups (broad SMARTS) is 1. The summed E-state index contributed by atoms with van der Waals surface area (Å²) in [6, 6.07) is 8.63. The Balaban J connectivity index is 2.18. The Morgan fingerprint density at radius 2 is 1.86 bits per heavy atom. The molecule has 2 aromatic rings. The fourth-order valence-electron chi connectivity index (χ4n) is 3.87. The summed E-state index contributed by atoms with van der Waals surface area (Å²) in [7, 11) is 4.69. The topological polar surface area (TPSA) is 81.1 Å². The highest BCUT2D eigenvalue weighted by Gasteiger charge is 2.38. The molecule has 2 heterocycles. The molecule has 3 rings (SSSR count). The van der Waals surface area contributed by atoms with Crippen LogP contribution in [0.25, 0.3) is 0 Å². The minimum Gasteiger partial charge on any atom is -0.493 e. The van der Waals surface area contributed by atoms with Crippen molar-refractivity contribution in [1.29, 1.82) is 0 Å². The highest BCUT2D eigenvalue weighted by atomic mass is 16.5.